The molecule has 2 heterocycles. The van der Waals surface area contributed by atoms with E-state index in [4.69, 9.17) is 4.74 Å². The molecule has 2 N–H and O–H groups in total. The van der Waals surface area contributed by atoms with E-state index in [2.05, 4.69) is 53.0 Å². The Balaban J connectivity index is 1.64. The fourth-order valence-electron chi connectivity index (χ4n) is 4.24. The topological polar surface area (TPSA) is 75.2 Å². The fraction of sp³-hybridized carbons (Fsp3) is 0.241. The first-order valence-electron chi connectivity index (χ1n) is 11.3. The SMILES string of the molecule is CC#CC(CC(=O)O)c1ccc(OC(Cc2ccc(C)nc2)c2ccc3cc[nH]c3c2C)cc1. The van der Waals surface area contributed by atoms with Crippen LogP contribution in [0.15, 0.2) is 67.0 Å². The molecular formula is C29H28N2O3. The number of carboxylic acid groups (broad SMARTS) is 1. The van der Waals surface area contributed by atoms with E-state index in [1.165, 1.54) is 5.39 Å². The normalized spacial score (nSPS) is 12.6. The number of nitrogens with zero attached hydrogens (tertiary/aromatic N) is 1. The highest BCUT2D eigenvalue weighted by Crippen LogP contribution is 2.32. The average Bonchev–Trinajstić information content (AvgIpc) is 3.30. The molecule has 2 atom stereocenters. The maximum absolute atomic E-state index is 11.2. The van der Waals surface area contributed by atoms with Gasteiger partial charge in [-0.15, -0.1) is 5.92 Å². The van der Waals surface area contributed by atoms with Gasteiger partial charge in [-0.25, -0.2) is 0 Å². The molecule has 0 saturated heterocycles. The van der Waals surface area contributed by atoms with Crippen molar-refractivity contribution < 1.29 is 14.6 Å². The van der Waals surface area contributed by atoms with Crippen LogP contribution in [0.25, 0.3) is 10.9 Å². The van der Waals surface area contributed by atoms with Gasteiger partial charge in [-0.3, -0.25) is 9.78 Å². The van der Waals surface area contributed by atoms with Crippen LogP contribution < -0.4 is 4.74 Å². The summed E-state index contributed by atoms with van der Waals surface area (Å²) in [6, 6.07) is 18.0. The standard InChI is InChI=1S/C29H28N2O3/c1-4-5-24(17-28(32)33)22-8-11-25(12-9-22)34-27(16-21-7-6-19(2)31-18-21)26-13-10-23-14-15-30-29(23)20(26)3/h6-15,18,24,27,30H,16-17H2,1-3H3,(H,32,33). The molecule has 0 aliphatic rings. The Kier molecular flexibility index (Phi) is 6.98. The smallest absolute Gasteiger partial charge is 0.304 e. The van der Waals surface area contributed by atoms with Crippen LogP contribution in [0.5, 0.6) is 5.75 Å². The van der Waals surface area contributed by atoms with Crippen LogP contribution in [0.4, 0.5) is 0 Å². The average molecular weight is 453 g/mol. The van der Waals surface area contributed by atoms with Crippen LogP contribution in [-0.4, -0.2) is 21.0 Å². The number of hydrogen-bond acceptors (Lipinski definition) is 3. The van der Waals surface area contributed by atoms with Gasteiger partial charge >= 0.3 is 5.97 Å². The summed E-state index contributed by atoms with van der Waals surface area (Å²) in [5.74, 6) is 5.34. The third-order valence-corrected chi connectivity index (χ3v) is 6.03. The molecule has 0 radical (unpaired) electrons. The molecule has 0 fully saturated rings. The van der Waals surface area contributed by atoms with E-state index in [9.17, 15) is 9.90 Å². The molecule has 0 spiro atoms. The maximum atomic E-state index is 11.2. The summed E-state index contributed by atoms with van der Waals surface area (Å²) >= 11 is 0. The van der Waals surface area contributed by atoms with Crippen molar-refractivity contribution in [2.24, 2.45) is 0 Å². The Labute approximate surface area is 199 Å². The number of rotatable bonds is 8. The van der Waals surface area contributed by atoms with E-state index in [0.717, 1.165) is 39.2 Å². The van der Waals surface area contributed by atoms with Crippen molar-refractivity contribution in [2.75, 3.05) is 0 Å². The van der Waals surface area contributed by atoms with Crippen molar-refractivity contribution >= 4 is 16.9 Å². The van der Waals surface area contributed by atoms with Crippen LogP contribution in [0, 0.1) is 25.7 Å². The lowest BCUT2D eigenvalue weighted by molar-refractivity contribution is -0.137. The molecule has 4 rings (SSSR count). The summed E-state index contributed by atoms with van der Waals surface area (Å²) in [5, 5.41) is 10.4. The summed E-state index contributed by atoms with van der Waals surface area (Å²) in [4.78, 5) is 19.0. The van der Waals surface area contributed by atoms with E-state index in [1.807, 2.05) is 49.6 Å². The fourth-order valence-corrected chi connectivity index (χ4v) is 4.24. The third kappa shape index (κ3) is 5.29. The Morgan fingerprint density at radius 1 is 1.09 bits per heavy atom. The van der Waals surface area contributed by atoms with Gasteiger partial charge < -0.3 is 14.8 Å². The zero-order chi connectivity index (χ0) is 24.1. The van der Waals surface area contributed by atoms with Gasteiger partial charge in [0.05, 0.1) is 12.3 Å². The molecular weight excluding hydrogens is 424 g/mol. The van der Waals surface area contributed by atoms with E-state index >= 15 is 0 Å². The zero-order valence-corrected chi connectivity index (χ0v) is 19.6. The van der Waals surface area contributed by atoms with Gasteiger partial charge in [0.2, 0.25) is 0 Å². The van der Waals surface area contributed by atoms with Gasteiger partial charge in [0.15, 0.2) is 0 Å². The minimum Gasteiger partial charge on any atom is -0.485 e. The molecule has 0 saturated carbocycles. The first kappa shape index (κ1) is 23.1. The van der Waals surface area contributed by atoms with Crippen LogP contribution >= 0.6 is 0 Å². The molecule has 0 aliphatic carbocycles. The molecule has 172 valence electrons. The van der Waals surface area contributed by atoms with Gasteiger partial charge in [-0.05, 0) is 72.7 Å². The summed E-state index contributed by atoms with van der Waals surface area (Å²) < 4.78 is 6.52. The Morgan fingerprint density at radius 3 is 2.56 bits per heavy atom. The molecule has 5 heteroatoms. The number of aromatic nitrogens is 2. The molecule has 2 aromatic carbocycles. The lowest BCUT2D eigenvalue weighted by Crippen LogP contribution is -2.13. The number of H-pyrrole nitrogens is 1. The first-order valence-corrected chi connectivity index (χ1v) is 11.3. The first-order chi connectivity index (χ1) is 16.4. The van der Waals surface area contributed by atoms with Crippen molar-refractivity contribution in [3.63, 3.8) is 0 Å². The number of hydrogen-bond donors (Lipinski definition) is 2. The minimum atomic E-state index is -0.866. The lowest BCUT2D eigenvalue weighted by atomic mass is 9.95. The van der Waals surface area contributed by atoms with Gasteiger partial charge in [0, 0.05) is 30.0 Å². The minimum absolute atomic E-state index is 0.0283. The monoisotopic (exact) mass is 452 g/mol. The maximum Gasteiger partial charge on any atom is 0.304 e. The summed E-state index contributed by atoms with van der Waals surface area (Å²) in [6.45, 7) is 5.81. The number of nitrogens with one attached hydrogen (secondary N) is 1. The second kappa shape index (κ2) is 10.3. The lowest BCUT2D eigenvalue weighted by Gasteiger charge is -2.22. The van der Waals surface area contributed by atoms with Gasteiger partial charge in [-0.1, -0.05) is 36.3 Å². The summed E-state index contributed by atoms with van der Waals surface area (Å²) in [6.07, 6.45) is 4.28. The number of carbonyl (C=O) groups is 1. The number of pyridine rings is 1. The number of aromatic amines is 1. The Hall–Kier alpha value is -4.04. The van der Waals surface area contributed by atoms with Crippen molar-refractivity contribution in [1.29, 1.82) is 0 Å². The Morgan fingerprint density at radius 2 is 1.88 bits per heavy atom. The number of aliphatic carboxylic acids is 1. The largest absolute Gasteiger partial charge is 0.485 e. The van der Waals surface area contributed by atoms with Gasteiger partial charge in [-0.2, -0.15) is 0 Å². The van der Waals surface area contributed by atoms with Crippen molar-refractivity contribution in [3.05, 3.63) is 94.9 Å². The summed E-state index contributed by atoms with van der Waals surface area (Å²) in [7, 11) is 0. The number of benzene rings is 2. The number of ether oxygens (including phenoxy) is 1. The second-order valence-electron chi connectivity index (χ2n) is 8.45. The molecule has 2 unspecified atom stereocenters. The quantitative estimate of drug-likeness (QED) is 0.316. The van der Waals surface area contributed by atoms with Gasteiger partial charge in [0.25, 0.3) is 0 Å². The number of fused-ring (bicyclic) bond motifs is 1. The third-order valence-electron chi connectivity index (χ3n) is 6.03. The highest BCUT2D eigenvalue weighted by molar-refractivity contribution is 5.83. The zero-order valence-electron chi connectivity index (χ0n) is 19.6. The predicted octanol–water partition coefficient (Wildman–Crippen LogP) is 6.12. The number of carboxylic acids is 1. The van der Waals surface area contributed by atoms with Gasteiger partial charge in [0.1, 0.15) is 11.9 Å². The van der Waals surface area contributed by atoms with E-state index in [1.54, 1.807) is 6.92 Å². The second-order valence-corrected chi connectivity index (χ2v) is 8.45. The summed E-state index contributed by atoms with van der Waals surface area (Å²) in [5.41, 5.74) is 6.32. The Bertz CT molecular complexity index is 1340. The van der Waals surface area contributed by atoms with E-state index in [-0.39, 0.29) is 18.4 Å². The van der Waals surface area contributed by atoms with Crippen LogP contribution in [-0.2, 0) is 11.2 Å². The van der Waals surface area contributed by atoms with E-state index < -0.39 is 5.97 Å². The number of aryl methyl sites for hydroxylation is 2. The van der Waals surface area contributed by atoms with Crippen LogP contribution in [0.1, 0.15) is 53.3 Å². The molecule has 0 bridgehead atoms. The van der Waals surface area contributed by atoms with Crippen molar-refractivity contribution in [3.8, 4) is 17.6 Å². The molecule has 4 aromatic rings. The predicted molar refractivity (Wildman–Crippen MR) is 134 cm³/mol. The molecule has 0 aliphatic heterocycles. The molecule has 34 heavy (non-hydrogen) atoms. The molecule has 0 amide bonds. The van der Waals surface area contributed by atoms with E-state index in [0.29, 0.717) is 6.42 Å². The van der Waals surface area contributed by atoms with Crippen molar-refractivity contribution in [1.82, 2.24) is 9.97 Å². The van der Waals surface area contributed by atoms with Crippen LogP contribution in [0.2, 0.25) is 0 Å². The molecule has 2 aromatic heterocycles. The van der Waals surface area contributed by atoms with Crippen LogP contribution in [0.3, 0.4) is 0 Å². The van der Waals surface area contributed by atoms with Crippen molar-refractivity contribution in [2.45, 2.75) is 45.6 Å². The highest BCUT2D eigenvalue weighted by atomic mass is 16.5. The molecule has 5 nitrogen and oxygen atoms in total. The highest BCUT2D eigenvalue weighted by Gasteiger charge is 2.20.